The van der Waals surface area contributed by atoms with E-state index in [2.05, 4.69) is 10.3 Å². The zero-order valence-corrected chi connectivity index (χ0v) is 16.8. The molecule has 0 spiro atoms. The van der Waals surface area contributed by atoms with Crippen LogP contribution in [0.5, 0.6) is 0 Å². The van der Waals surface area contributed by atoms with E-state index in [1.807, 2.05) is 42.7 Å². The molecule has 0 bridgehead atoms. The molecular weight excluding hydrogens is 380 g/mol. The molecule has 0 radical (unpaired) electrons. The van der Waals surface area contributed by atoms with Gasteiger partial charge >= 0.3 is 6.03 Å². The second-order valence-electron chi connectivity index (χ2n) is 7.12. The summed E-state index contributed by atoms with van der Waals surface area (Å²) >= 11 is 0. The lowest BCUT2D eigenvalue weighted by Crippen LogP contribution is -2.54. The van der Waals surface area contributed by atoms with Gasteiger partial charge in [0.2, 0.25) is 0 Å². The standard InChI is InChI=1S/C23H20N4O3/c1-14-7-4-5-9-20(14)27-22(29)19(21(28)25-23(27)30)12-17-11-15(2)26(16(17)3)18-8-6-10-24-13-18/h4-13H,1-3H3,(H,25,28,30). The number of para-hydroxylation sites is 1. The van der Waals surface area contributed by atoms with Gasteiger partial charge in [0.25, 0.3) is 11.8 Å². The molecule has 3 aromatic rings. The van der Waals surface area contributed by atoms with Crippen molar-refractivity contribution in [3.05, 3.63) is 82.9 Å². The second kappa shape index (κ2) is 7.44. The van der Waals surface area contributed by atoms with Gasteiger partial charge in [-0.25, -0.2) is 9.69 Å². The Hall–Kier alpha value is -4.00. The molecule has 1 N–H and O–H groups in total. The average molecular weight is 400 g/mol. The summed E-state index contributed by atoms with van der Waals surface area (Å²) in [6.07, 6.45) is 4.97. The maximum atomic E-state index is 13.1. The number of amides is 4. The number of pyridine rings is 1. The fraction of sp³-hybridized carbons (Fsp3) is 0.130. The summed E-state index contributed by atoms with van der Waals surface area (Å²) in [7, 11) is 0. The Morgan fingerprint density at radius 2 is 1.77 bits per heavy atom. The van der Waals surface area contributed by atoms with E-state index in [-0.39, 0.29) is 5.57 Å². The Balaban J connectivity index is 1.78. The summed E-state index contributed by atoms with van der Waals surface area (Å²) in [6, 6.07) is 12.0. The predicted octanol–water partition coefficient (Wildman–Crippen LogP) is 3.46. The third kappa shape index (κ3) is 3.20. The van der Waals surface area contributed by atoms with Crippen LogP contribution in [0.1, 0.15) is 22.5 Å². The predicted molar refractivity (Wildman–Crippen MR) is 113 cm³/mol. The van der Waals surface area contributed by atoms with Gasteiger partial charge in [-0.05, 0) is 62.2 Å². The van der Waals surface area contributed by atoms with E-state index in [1.54, 1.807) is 37.5 Å². The SMILES string of the molecule is Cc1ccccc1N1C(=O)NC(=O)C(=Cc2cc(C)n(-c3cccnc3)c2C)C1=O. The fourth-order valence-electron chi connectivity index (χ4n) is 3.66. The molecule has 1 aliphatic heterocycles. The number of rotatable bonds is 3. The summed E-state index contributed by atoms with van der Waals surface area (Å²) in [5, 5.41) is 2.27. The third-order valence-corrected chi connectivity index (χ3v) is 5.13. The molecular formula is C23H20N4O3. The lowest BCUT2D eigenvalue weighted by Gasteiger charge is -2.27. The highest BCUT2D eigenvalue weighted by Gasteiger charge is 2.37. The van der Waals surface area contributed by atoms with Crippen LogP contribution >= 0.6 is 0 Å². The van der Waals surface area contributed by atoms with E-state index in [0.29, 0.717) is 11.3 Å². The number of anilines is 1. The molecule has 0 unspecified atom stereocenters. The van der Waals surface area contributed by atoms with Gasteiger partial charge in [0, 0.05) is 17.6 Å². The molecule has 2 aromatic heterocycles. The van der Waals surface area contributed by atoms with Crippen LogP contribution in [-0.2, 0) is 9.59 Å². The van der Waals surface area contributed by atoms with Crippen LogP contribution < -0.4 is 10.2 Å². The number of hydrogen-bond donors (Lipinski definition) is 1. The lowest BCUT2D eigenvalue weighted by molar-refractivity contribution is -0.122. The molecule has 3 heterocycles. The summed E-state index contributed by atoms with van der Waals surface area (Å²) in [5.41, 5.74) is 4.49. The van der Waals surface area contributed by atoms with Gasteiger partial charge in [0.1, 0.15) is 5.57 Å². The molecule has 150 valence electrons. The van der Waals surface area contributed by atoms with Gasteiger partial charge in [-0.3, -0.25) is 19.9 Å². The number of urea groups is 1. The van der Waals surface area contributed by atoms with Crippen molar-refractivity contribution in [3.63, 3.8) is 0 Å². The summed E-state index contributed by atoms with van der Waals surface area (Å²) < 4.78 is 1.99. The highest BCUT2D eigenvalue weighted by atomic mass is 16.2. The van der Waals surface area contributed by atoms with Gasteiger partial charge in [0.15, 0.2) is 0 Å². The number of aryl methyl sites for hydroxylation is 2. The number of hydrogen-bond acceptors (Lipinski definition) is 4. The van der Waals surface area contributed by atoms with E-state index in [0.717, 1.165) is 27.5 Å². The second-order valence-corrected chi connectivity index (χ2v) is 7.12. The van der Waals surface area contributed by atoms with Crippen LogP contribution in [0.2, 0.25) is 0 Å². The number of nitrogens with one attached hydrogen (secondary N) is 1. The molecule has 7 heteroatoms. The monoisotopic (exact) mass is 400 g/mol. The van der Waals surface area contributed by atoms with Crippen LogP contribution in [0.15, 0.2) is 60.4 Å². The Morgan fingerprint density at radius 1 is 1.00 bits per heavy atom. The molecule has 0 atom stereocenters. The Kier molecular flexibility index (Phi) is 4.79. The first-order chi connectivity index (χ1) is 14.4. The smallest absolute Gasteiger partial charge is 0.316 e. The lowest BCUT2D eigenvalue weighted by atomic mass is 10.1. The number of carbonyl (C=O) groups excluding carboxylic acids is 3. The van der Waals surface area contributed by atoms with Crippen molar-refractivity contribution in [1.82, 2.24) is 14.9 Å². The Bertz CT molecular complexity index is 1210. The minimum Gasteiger partial charge on any atom is -0.316 e. The van der Waals surface area contributed by atoms with E-state index >= 15 is 0 Å². The van der Waals surface area contributed by atoms with Crippen LogP contribution in [0, 0.1) is 20.8 Å². The van der Waals surface area contributed by atoms with Crippen molar-refractivity contribution in [2.75, 3.05) is 4.90 Å². The zero-order valence-electron chi connectivity index (χ0n) is 16.8. The van der Waals surface area contributed by atoms with Crippen molar-refractivity contribution in [2.24, 2.45) is 0 Å². The Labute approximate surface area is 173 Å². The molecule has 1 saturated heterocycles. The molecule has 4 rings (SSSR count). The van der Waals surface area contributed by atoms with Crippen molar-refractivity contribution in [2.45, 2.75) is 20.8 Å². The maximum absolute atomic E-state index is 13.1. The Morgan fingerprint density at radius 3 is 2.47 bits per heavy atom. The van der Waals surface area contributed by atoms with Crippen molar-refractivity contribution < 1.29 is 14.4 Å². The largest absolute Gasteiger partial charge is 0.335 e. The third-order valence-electron chi connectivity index (χ3n) is 5.13. The first kappa shape index (κ1) is 19.3. The average Bonchev–Trinajstić information content (AvgIpc) is 3.00. The zero-order chi connectivity index (χ0) is 21.4. The quantitative estimate of drug-likeness (QED) is 0.539. The molecule has 1 aromatic carbocycles. The summed E-state index contributed by atoms with van der Waals surface area (Å²) in [5.74, 6) is -1.36. The van der Waals surface area contributed by atoms with E-state index in [4.69, 9.17) is 0 Å². The summed E-state index contributed by atoms with van der Waals surface area (Å²) in [4.78, 5) is 43.2. The van der Waals surface area contributed by atoms with Gasteiger partial charge in [-0.2, -0.15) is 0 Å². The number of nitrogens with zero attached hydrogens (tertiary/aromatic N) is 3. The molecule has 1 fully saturated rings. The first-order valence-electron chi connectivity index (χ1n) is 9.45. The fourth-order valence-corrected chi connectivity index (χ4v) is 3.66. The number of imide groups is 2. The maximum Gasteiger partial charge on any atom is 0.335 e. The summed E-state index contributed by atoms with van der Waals surface area (Å²) in [6.45, 7) is 5.65. The molecule has 0 aliphatic carbocycles. The van der Waals surface area contributed by atoms with E-state index in [1.165, 1.54) is 6.08 Å². The highest BCUT2D eigenvalue weighted by molar-refractivity contribution is 6.39. The minimum absolute atomic E-state index is 0.0933. The molecule has 1 aliphatic rings. The number of aromatic nitrogens is 2. The van der Waals surface area contributed by atoms with Gasteiger partial charge < -0.3 is 4.57 Å². The van der Waals surface area contributed by atoms with Gasteiger partial charge in [-0.1, -0.05) is 18.2 Å². The molecule has 30 heavy (non-hydrogen) atoms. The number of barbiturate groups is 1. The highest BCUT2D eigenvalue weighted by Crippen LogP contribution is 2.27. The van der Waals surface area contributed by atoms with E-state index < -0.39 is 17.8 Å². The molecule has 0 saturated carbocycles. The molecule has 4 amide bonds. The number of carbonyl (C=O) groups is 3. The first-order valence-corrected chi connectivity index (χ1v) is 9.45. The minimum atomic E-state index is -0.753. The van der Waals surface area contributed by atoms with Crippen molar-refractivity contribution in [1.29, 1.82) is 0 Å². The normalized spacial score (nSPS) is 15.6. The van der Waals surface area contributed by atoms with Crippen LogP contribution in [0.3, 0.4) is 0 Å². The topological polar surface area (TPSA) is 84.3 Å². The van der Waals surface area contributed by atoms with Gasteiger partial charge in [0.05, 0.1) is 17.6 Å². The van der Waals surface area contributed by atoms with Crippen molar-refractivity contribution >= 4 is 29.6 Å². The van der Waals surface area contributed by atoms with E-state index in [9.17, 15) is 14.4 Å². The van der Waals surface area contributed by atoms with Crippen LogP contribution in [0.25, 0.3) is 11.8 Å². The van der Waals surface area contributed by atoms with Crippen molar-refractivity contribution in [3.8, 4) is 5.69 Å². The molecule has 7 nitrogen and oxygen atoms in total. The van der Waals surface area contributed by atoms with Crippen LogP contribution in [-0.4, -0.2) is 27.4 Å². The van der Waals surface area contributed by atoms with Crippen LogP contribution in [0.4, 0.5) is 10.5 Å². The number of benzene rings is 1. The van der Waals surface area contributed by atoms with Gasteiger partial charge in [-0.15, -0.1) is 0 Å².